The SMILES string of the molecule is Nc1c(F)ccc(CC(=O)c2cccc(C(F)(F)F)c2)c1F. The first-order chi connectivity index (χ1) is 10.2. The molecule has 0 saturated carbocycles. The number of carbonyl (C=O) groups is 1. The van der Waals surface area contributed by atoms with Crippen LogP contribution in [0.4, 0.5) is 27.6 Å². The molecule has 2 aromatic rings. The topological polar surface area (TPSA) is 43.1 Å². The van der Waals surface area contributed by atoms with Gasteiger partial charge in [-0.2, -0.15) is 13.2 Å². The second-order valence-electron chi connectivity index (χ2n) is 4.61. The minimum Gasteiger partial charge on any atom is -0.394 e. The van der Waals surface area contributed by atoms with E-state index in [-0.39, 0.29) is 11.1 Å². The number of nitrogen functional groups attached to an aromatic ring is 1. The number of alkyl halides is 3. The molecule has 2 N–H and O–H groups in total. The van der Waals surface area contributed by atoms with Gasteiger partial charge in [-0.1, -0.05) is 18.2 Å². The first-order valence-corrected chi connectivity index (χ1v) is 6.13. The monoisotopic (exact) mass is 315 g/mol. The van der Waals surface area contributed by atoms with Crippen molar-refractivity contribution in [2.24, 2.45) is 0 Å². The molecular weight excluding hydrogens is 305 g/mol. The number of anilines is 1. The minimum atomic E-state index is -4.58. The number of rotatable bonds is 3. The van der Waals surface area contributed by atoms with Crippen molar-refractivity contribution in [1.82, 2.24) is 0 Å². The quantitative estimate of drug-likeness (QED) is 0.529. The van der Waals surface area contributed by atoms with E-state index in [4.69, 9.17) is 5.73 Å². The lowest BCUT2D eigenvalue weighted by atomic mass is 10.0. The molecule has 2 aromatic carbocycles. The second kappa shape index (κ2) is 5.75. The Labute approximate surface area is 122 Å². The van der Waals surface area contributed by atoms with Crippen molar-refractivity contribution in [2.75, 3.05) is 5.73 Å². The number of carbonyl (C=O) groups excluding carboxylic acids is 1. The van der Waals surface area contributed by atoms with Crippen LogP contribution in [0.25, 0.3) is 0 Å². The van der Waals surface area contributed by atoms with Crippen LogP contribution in [0.2, 0.25) is 0 Å². The average molecular weight is 315 g/mol. The normalized spacial score (nSPS) is 11.5. The van der Waals surface area contributed by atoms with Gasteiger partial charge in [-0.15, -0.1) is 0 Å². The lowest BCUT2D eigenvalue weighted by Crippen LogP contribution is -2.10. The third-order valence-electron chi connectivity index (χ3n) is 3.07. The highest BCUT2D eigenvalue weighted by Gasteiger charge is 2.30. The van der Waals surface area contributed by atoms with Crippen molar-refractivity contribution in [3.05, 3.63) is 64.7 Å². The molecule has 0 unspecified atom stereocenters. The molecule has 0 heterocycles. The Morgan fingerprint density at radius 3 is 2.41 bits per heavy atom. The van der Waals surface area contributed by atoms with E-state index in [0.29, 0.717) is 6.07 Å². The van der Waals surface area contributed by atoms with Gasteiger partial charge < -0.3 is 5.73 Å². The van der Waals surface area contributed by atoms with Crippen LogP contribution in [0.1, 0.15) is 21.5 Å². The van der Waals surface area contributed by atoms with E-state index < -0.39 is 41.3 Å². The Morgan fingerprint density at radius 1 is 1.09 bits per heavy atom. The van der Waals surface area contributed by atoms with Crippen LogP contribution in [0.3, 0.4) is 0 Å². The highest BCUT2D eigenvalue weighted by molar-refractivity contribution is 5.97. The van der Waals surface area contributed by atoms with Gasteiger partial charge in [0.1, 0.15) is 11.5 Å². The van der Waals surface area contributed by atoms with Gasteiger partial charge in [0.15, 0.2) is 11.6 Å². The van der Waals surface area contributed by atoms with Crippen LogP contribution < -0.4 is 5.73 Å². The fourth-order valence-corrected chi connectivity index (χ4v) is 1.90. The molecule has 0 aliphatic heterocycles. The van der Waals surface area contributed by atoms with E-state index in [2.05, 4.69) is 0 Å². The smallest absolute Gasteiger partial charge is 0.394 e. The fraction of sp³-hybridized carbons (Fsp3) is 0.133. The Morgan fingerprint density at radius 2 is 1.77 bits per heavy atom. The zero-order valence-corrected chi connectivity index (χ0v) is 11.0. The van der Waals surface area contributed by atoms with Gasteiger partial charge in [0.25, 0.3) is 0 Å². The van der Waals surface area contributed by atoms with Crippen LogP contribution >= 0.6 is 0 Å². The zero-order valence-electron chi connectivity index (χ0n) is 11.0. The molecule has 0 aromatic heterocycles. The molecule has 7 heteroatoms. The summed E-state index contributed by atoms with van der Waals surface area (Å²) in [5.74, 6) is -2.77. The highest BCUT2D eigenvalue weighted by Crippen LogP contribution is 2.30. The predicted molar refractivity (Wildman–Crippen MR) is 70.2 cm³/mol. The minimum absolute atomic E-state index is 0.179. The molecule has 0 spiro atoms. The third-order valence-corrected chi connectivity index (χ3v) is 3.07. The molecular formula is C15H10F5NO. The molecule has 116 valence electrons. The Bertz CT molecular complexity index is 724. The molecule has 2 rings (SSSR count). The van der Waals surface area contributed by atoms with Gasteiger partial charge in [-0.3, -0.25) is 4.79 Å². The van der Waals surface area contributed by atoms with E-state index in [1.54, 1.807) is 0 Å². The molecule has 0 atom stereocenters. The fourth-order valence-electron chi connectivity index (χ4n) is 1.90. The summed E-state index contributed by atoms with van der Waals surface area (Å²) >= 11 is 0. The maximum atomic E-state index is 13.7. The molecule has 0 aliphatic rings. The van der Waals surface area contributed by atoms with Crippen LogP contribution in [-0.4, -0.2) is 5.78 Å². The summed E-state index contributed by atoms with van der Waals surface area (Å²) in [5.41, 5.74) is 3.08. The standard InChI is InChI=1S/C15H10F5NO/c16-11-5-4-9(13(17)14(11)21)7-12(22)8-2-1-3-10(6-8)15(18,19)20/h1-6H,7,21H2. The average Bonchev–Trinajstić information content (AvgIpc) is 2.47. The maximum Gasteiger partial charge on any atom is 0.416 e. The summed E-state index contributed by atoms with van der Waals surface area (Å²) in [6, 6.07) is 5.73. The molecule has 0 bridgehead atoms. The van der Waals surface area contributed by atoms with E-state index in [9.17, 15) is 26.7 Å². The third kappa shape index (κ3) is 3.24. The number of hydrogen-bond acceptors (Lipinski definition) is 2. The number of Topliss-reactive ketones (excluding diaryl/α,β-unsaturated/α-hetero) is 1. The van der Waals surface area contributed by atoms with Crippen molar-refractivity contribution in [2.45, 2.75) is 12.6 Å². The zero-order chi connectivity index (χ0) is 16.5. The molecule has 0 amide bonds. The summed E-state index contributed by atoms with van der Waals surface area (Å²) in [6.07, 6.45) is -5.10. The van der Waals surface area contributed by atoms with Gasteiger partial charge in [0.05, 0.1) is 5.56 Å². The largest absolute Gasteiger partial charge is 0.416 e. The van der Waals surface area contributed by atoms with Crippen molar-refractivity contribution >= 4 is 11.5 Å². The summed E-state index contributed by atoms with van der Waals surface area (Å²) < 4.78 is 64.5. The van der Waals surface area contributed by atoms with Crippen LogP contribution in [-0.2, 0) is 12.6 Å². The summed E-state index contributed by atoms with van der Waals surface area (Å²) in [6.45, 7) is 0. The van der Waals surface area contributed by atoms with Gasteiger partial charge >= 0.3 is 6.18 Å². The molecule has 22 heavy (non-hydrogen) atoms. The van der Waals surface area contributed by atoms with E-state index in [0.717, 1.165) is 24.3 Å². The van der Waals surface area contributed by atoms with Crippen LogP contribution in [0.5, 0.6) is 0 Å². The van der Waals surface area contributed by atoms with E-state index in [1.807, 2.05) is 0 Å². The van der Waals surface area contributed by atoms with Crippen LogP contribution in [0.15, 0.2) is 36.4 Å². The summed E-state index contributed by atoms with van der Waals surface area (Å²) in [7, 11) is 0. The maximum absolute atomic E-state index is 13.7. The number of hydrogen-bond donors (Lipinski definition) is 1. The van der Waals surface area contributed by atoms with Gasteiger partial charge in [-0.25, -0.2) is 8.78 Å². The molecule has 2 nitrogen and oxygen atoms in total. The lowest BCUT2D eigenvalue weighted by Gasteiger charge is -2.09. The summed E-state index contributed by atoms with van der Waals surface area (Å²) in [4.78, 5) is 12.0. The van der Waals surface area contributed by atoms with Crippen molar-refractivity contribution in [3.8, 4) is 0 Å². The van der Waals surface area contributed by atoms with Crippen LogP contribution in [0, 0.1) is 11.6 Å². The Kier molecular flexibility index (Phi) is 4.16. The number of halogens is 5. The molecule has 0 fully saturated rings. The van der Waals surface area contributed by atoms with Gasteiger partial charge in [0.2, 0.25) is 0 Å². The van der Waals surface area contributed by atoms with Crippen molar-refractivity contribution < 1.29 is 26.7 Å². The summed E-state index contributed by atoms with van der Waals surface area (Å²) in [5, 5.41) is 0. The second-order valence-corrected chi connectivity index (χ2v) is 4.61. The van der Waals surface area contributed by atoms with Gasteiger partial charge in [0, 0.05) is 12.0 Å². The Balaban J connectivity index is 2.29. The highest BCUT2D eigenvalue weighted by atomic mass is 19.4. The molecule has 0 saturated heterocycles. The predicted octanol–water partition coefficient (Wildman–Crippen LogP) is 3.99. The molecule has 0 aliphatic carbocycles. The van der Waals surface area contributed by atoms with Crippen molar-refractivity contribution in [3.63, 3.8) is 0 Å². The van der Waals surface area contributed by atoms with Gasteiger partial charge in [-0.05, 0) is 23.8 Å². The number of ketones is 1. The first kappa shape index (κ1) is 15.9. The number of nitrogens with two attached hydrogens (primary N) is 1. The lowest BCUT2D eigenvalue weighted by molar-refractivity contribution is -0.137. The first-order valence-electron chi connectivity index (χ1n) is 6.13. The Hall–Kier alpha value is -2.44. The molecule has 0 radical (unpaired) electrons. The van der Waals surface area contributed by atoms with E-state index >= 15 is 0 Å². The number of benzene rings is 2. The van der Waals surface area contributed by atoms with E-state index in [1.165, 1.54) is 6.07 Å². The van der Waals surface area contributed by atoms with Crippen molar-refractivity contribution in [1.29, 1.82) is 0 Å².